The molecule has 1 aliphatic heterocycles. The molecule has 2 aromatic heterocycles. The average molecular weight is 269 g/mol. The Morgan fingerprint density at radius 1 is 1.40 bits per heavy atom. The molecule has 1 N–H and O–H groups in total. The van der Waals surface area contributed by atoms with Crippen LogP contribution in [0.25, 0.3) is 0 Å². The molecular weight excluding hydrogens is 254 g/mol. The maximum absolute atomic E-state index is 9.05. The van der Waals surface area contributed by atoms with Gasteiger partial charge in [0.05, 0.1) is 6.04 Å². The zero-order chi connectivity index (χ0) is 13.9. The van der Waals surface area contributed by atoms with Crippen LogP contribution in [0.2, 0.25) is 0 Å². The Hall–Kier alpha value is -2.49. The van der Waals surface area contributed by atoms with E-state index in [1.54, 1.807) is 6.07 Å². The Bertz CT molecular complexity index is 629. The average Bonchev–Trinajstić information content (AvgIpc) is 3.00. The van der Waals surface area contributed by atoms with Crippen molar-refractivity contribution < 1.29 is 0 Å². The van der Waals surface area contributed by atoms with Crippen LogP contribution in [0.1, 0.15) is 42.5 Å². The van der Waals surface area contributed by atoms with Gasteiger partial charge in [0.2, 0.25) is 5.95 Å². The minimum atomic E-state index is 0.0968. The van der Waals surface area contributed by atoms with Gasteiger partial charge >= 0.3 is 0 Å². The molecule has 0 unspecified atom stereocenters. The van der Waals surface area contributed by atoms with Crippen molar-refractivity contribution in [3.8, 4) is 6.07 Å². The van der Waals surface area contributed by atoms with Crippen LogP contribution in [0.4, 0.5) is 5.95 Å². The highest BCUT2D eigenvalue weighted by atomic mass is 15.3. The van der Waals surface area contributed by atoms with Crippen molar-refractivity contribution in [1.82, 2.24) is 25.1 Å². The van der Waals surface area contributed by atoms with Crippen LogP contribution in [0.3, 0.4) is 0 Å². The molecular formula is C13H15N7. The molecule has 20 heavy (non-hydrogen) atoms. The first kappa shape index (κ1) is 12.5. The monoisotopic (exact) mass is 269 g/mol. The second-order valence-electron chi connectivity index (χ2n) is 4.88. The number of aromatic amines is 1. The van der Waals surface area contributed by atoms with Gasteiger partial charge < -0.3 is 4.90 Å². The second-order valence-corrected chi connectivity index (χ2v) is 4.88. The highest BCUT2D eigenvalue weighted by molar-refractivity contribution is 5.38. The number of aromatic nitrogens is 5. The third-order valence-electron chi connectivity index (χ3n) is 3.47. The highest BCUT2D eigenvalue weighted by Crippen LogP contribution is 2.31. The van der Waals surface area contributed by atoms with E-state index in [0.29, 0.717) is 11.6 Å². The van der Waals surface area contributed by atoms with Crippen molar-refractivity contribution in [3.63, 3.8) is 0 Å². The minimum Gasteiger partial charge on any atom is -0.331 e. The standard InChI is InChI=1S/C13H15N7/c1-9-6-10(7-14)18-13(17-9)20-5-3-2-4-11(20)12-15-8-16-19-12/h6,8,11H,2-5H2,1H3,(H,15,16,19)/t11-/m1/s1. The number of hydrogen-bond donors (Lipinski definition) is 1. The van der Waals surface area contributed by atoms with Crippen LogP contribution in [0, 0.1) is 18.3 Å². The summed E-state index contributed by atoms with van der Waals surface area (Å²) in [6.07, 6.45) is 4.72. The van der Waals surface area contributed by atoms with Crippen LogP contribution in [-0.2, 0) is 0 Å². The lowest BCUT2D eigenvalue weighted by Crippen LogP contribution is -2.35. The summed E-state index contributed by atoms with van der Waals surface area (Å²) < 4.78 is 0. The van der Waals surface area contributed by atoms with Gasteiger partial charge in [0.1, 0.15) is 23.9 Å². The fourth-order valence-corrected chi connectivity index (χ4v) is 2.57. The highest BCUT2D eigenvalue weighted by Gasteiger charge is 2.28. The summed E-state index contributed by atoms with van der Waals surface area (Å²) in [6.45, 7) is 2.74. The van der Waals surface area contributed by atoms with Crippen molar-refractivity contribution in [3.05, 3.63) is 29.6 Å². The summed E-state index contributed by atoms with van der Waals surface area (Å²) in [7, 11) is 0. The van der Waals surface area contributed by atoms with Crippen molar-refractivity contribution in [2.24, 2.45) is 0 Å². The van der Waals surface area contributed by atoms with E-state index >= 15 is 0 Å². The molecule has 0 aliphatic carbocycles. The molecule has 1 fully saturated rings. The number of nitrogens with zero attached hydrogens (tertiary/aromatic N) is 6. The number of nitrogens with one attached hydrogen (secondary N) is 1. The number of hydrogen-bond acceptors (Lipinski definition) is 6. The Balaban J connectivity index is 1.98. The molecule has 0 amide bonds. The van der Waals surface area contributed by atoms with Crippen LogP contribution in [-0.4, -0.2) is 31.7 Å². The summed E-state index contributed by atoms with van der Waals surface area (Å²) in [5.74, 6) is 1.43. The largest absolute Gasteiger partial charge is 0.331 e. The van der Waals surface area contributed by atoms with Crippen molar-refractivity contribution >= 4 is 5.95 Å². The predicted octanol–water partition coefficient (Wildman–Crippen LogP) is 1.51. The van der Waals surface area contributed by atoms with Gasteiger partial charge in [0, 0.05) is 12.2 Å². The van der Waals surface area contributed by atoms with Gasteiger partial charge in [-0.15, -0.1) is 0 Å². The Labute approximate surface area is 116 Å². The zero-order valence-electron chi connectivity index (χ0n) is 11.2. The van der Waals surface area contributed by atoms with E-state index < -0.39 is 0 Å². The van der Waals surface area contributed by atoms with E-state index in [1.807, 2.05) is 6.92 Å². The van der Waals surface area contributed by atoms with Gasteiger partial charge in [-0.3, -0.25) is 5.10 Å². The van der Waals surface area contributed by atoms with Gasteiger partial charge in [-0.05, 0) is 32.3 Å². The lowest BCUT2D eigenvalue weighted by atomic mass is 10.0. The number of anilines is 1. The van der Waals surface area contributed by atoms with E-state index in [0.717, 1.165) is 37.3 Å². The van der Waals surface area contributed by atoms with Gasteiger partial charge in [-0.1, -0.05) is 0 Å². The molecule has 0 bridgehead atoms. The van der Waals surface area contributed by atoms with Crippen molar-refractivity contribution in [1.29, 1.82) is 5.26 Å². The molecule has 0 spiro atoms. The Morgan fingerprint density at radius 2 is 2.30 bits per heavy atom. The van der Waals surface area contributed by atoms with Gasteiger partial charge in [-0.2, -0.15) is 10.4 Å². The lowest BCUT2D eigenvalue weighted by Gasteiger charge is -2.34. The second kappa shape index (κ2) is 5.25. The molecule has 2 aromatic rings. The lowest BCUT2D eigenvalue weighted by molar-refractivity contribution is 0.449. The number of H-pyrrole nitrogens is 1. The summed E-state index contributed by atoms with van der Waals surface area (Å²) in [6, 6.07) is 3.87. The zero-order valence-corrected chi connectivity index (χ0v) is 11.2. The fraction of sp³-hybridized carbons (Fsp3) is 0.462. The summed E-state index contributed by atoms with van der Waals surface area (Å²) >= 11 is 0. The summed E-state index contributed by atoms with van der Waals surface area (Å²) in [4.78, 5) is 15.2. The van der Waals surface area contributed by atoms with E-state index in [9.17, 15) is 0 Å². The normalized spacial score (nSPS) is 18.8. The van der Waals surface area contributed by atoms with Crippen LogP contribution >= 0.6 is 0 Å². The molecule has 1 aliphatic rings. The fourth-order valence-electron chi connectivity index (χ4n) is 2.57. The third-order valence-corrected chi connectivity index (χ3v) is 3.47. The smallest absolute Gasteiger partial charge is 0.227 e. The maximum atomic E-state index is 9.05. The number of nitriles is 1. The van der Waals surface area contributed by atoms with Gasteiger partial charge in [-0.25, -0.2) is 15.0 Å². The Morgan fingerprint density at radius 3 is 3.05 bits per heavy atom. The van der Waals surface area contributed by atoms with E-state index in [1.165, 1.54) is 6.33 Å². The minimum absolute atomic E-state index is 0.0968. The van der Waals surface area contributed by atoms with E-state index in [4.69, 9.17) is 5.26 Å². The SMILES string of the molecule is Cc1cc(C#N)nc(N2CCCC[C@@H]2c2ncn[nH]2)n1. The number of aryl methyl sites for hydroxylation is 1. The number of piperidine rings is 1. The molecule has 1 atom stereocenters. The third kappa shape index (κ3) is 2.32. The first-order valence-corrected chi connectivity index (χ1v) is 6.65. The van der Waals surface area contributed by atoms with Gasteiger partial charge in [0.15, 0.2) is 0 Å². The summed E-state index contributed by atoms with van der Waals surface area (Å²) in [5.41, 5.74) is 1.20. The molecule has 0 saturated carbocycles. The van der Waals surface area contributed by atoms with E-state index in [2.05, 4.69) is 36.1 Å². The number of rotatable bonds is 2. The predicted molar refractivity (Wildman–Crippen MR) is 71.8 cm³/mol. The first-order chi connectivity index (χ1) is 9.78. The molecule has 3 rings (SSSR count). The topological polar surface area (TPSA) is 94.4 Å². The quantitative estimate of drug-likeness (QED) is 0.888. The van der Waals surface area contributed by atoms with Crippen LogP contribution in [0.15, 0.2) is 12.4 Å². The maximum Gasteiger partial charge on any atom is 0.227 e. The van der Waals surface area contributed by atoms with E-state index in [-0.39, 0.29) is 6.04 Å². The molecule has 0 aromatic carbocycles. The molecule has 3 heterocycles. The van der Waals surface area contributed by atoms with Crippen LogP contribution < -0.4 is 4.90 Å². The van der Waals surface area contributed by atoms with Gasteiger partial charge in [0.25, 0.3) is 0 Å². The van der Waals surface area contributed by atoms with Crippen molar-refractivity contribution in [2.75, 3.05) is 11.4 Å². The molecule has 102 valence electrons. The molecule has 1 saturated heterocycles. The molecule has 7 nitrogen and oxygen atoms in total. The molecule has 0 radical (unpaired) electrons. The summed E-state index contributed by atoms with van der Waals surface area (Å²) in [5, 5.41) is 15.9. The molecule has 7 heteroatoms. The Kier molecular flexibility index (Phi) is 3.29. The van der Waals surface area contributed by atoms with Crippen molar-refractivity contribution in [2.45, 2.75) is 32.2 Å². The van der Waals surface area contributed by atoms with Crippen LogP contribution in [0.5, 0.6) is 0 Å². The first-order valence-electron chi connectivity index (χ1n) is 6.65.